The van der Waals surface area contributed by atoms with Crippen LogP contribution in [0, 0.1) is 5.92 Å². The number of hydrogen-bond donors (Lipinski definition) is 1. The van der Waals surface area contributed by atoms with Crippen LogP contribution in [-0.4, -0.2) is 44.7 Å². The molecule has 0 bridgehead atoms. The second-order valence-corrected chi connectivity index (χ2v) is 7.82. The van der Waals surface area contributed by atoms with E-state index in [1.54, 1.807) is 37.3 Å². The Morgan fingerprint density at radius 3 is 2.57 bits per heavy atom. The quantitative estimate of drug-likeness (QED) is 0.649. The molecule has 4 rings (SSSR count). The molecule has 2 aromatic carbocycles. The first-order valence-electron chi connectivity index (χ1n) is 9.30. The maximum atomic E-state index is 12.8. The van der Waals surface area contributed by atoms with Crippen LogP contribution in [-0.2, 0) is 9.59 Å². The van der Waals surface area contributed by atoms with E-state index in [1.165, 1.54) is 18.4 Å². The molecule has 0 spiro atoms. The number of carbonyl (C=O) groups is 2. The number of aromatic nitrogens is 1. The minimum absolute atomic E-state index is 0.125. The Bertz CT molecular complexity index is 1110. The molecule has 8 nitrogen and oxygen atoms in total. The summed E-state index contributed by atoms with van der Waals surface area (Å²) in [5, 5.41) is 3.34. The first-order chi connectivity index (χ1) is 14.5. The zero-order chi connectivity index (χ0) is 21.3. The average Bonchev–Trinajstić information content (AvgIpc) is 3.35. The molecule has 1 N–H and O–H groups in total. The summed E-state index contributed by atoms with van der Waals surface area (Å²) in [4.78, 5) is 31.4. The van der Waals surface area contributed by atoms with E-state index < -0.39 is 5.92 Å². The topological polar surface area (TPSA) is 90.0 Å². The lowest BCUT2D eigenvalue weighted by Gasteiger charge is -2.20. The molecule has 30 heavy (non-hydrogen) atoms. The summed E-state index contributed by atoms with van der Waals surface area (Å²) in [6, 6.07) is 10.8. The van der Waals surface area contributed by atoms with Gasteiger partial charge in [0, 0.05) is 19.0 Å². The van der Waals surface area contributed by atoms with Gasteiger partial charge in [0.25, 0.3) is 0 Å². The number of carbonyl (C=O) groups excluding carboxylic acids is 2. The standard InChI is InChI=1S/C21H21N3O5S/c1-27-13-5-7-16(17(9-13)29-3)24-11-12(8-19(24)25)20(26)23-21-22-15-6-4-14(28-2)10-18(15)30-21/h4-7,9-10,12H,8,11H2,1-3H3,(H,22,23,26)/t12-/m1/s1. The first-order valence-corrected chi connectivity index (χ1v) is 10.1. The number of amides is 2. The number of hydrogen-bond acceptors (Lipinski definition) is 7. The van der Waals surface area contributed by atoms with E-state index in [-0.39, 0.29) is 24.8 Å². The van der Waals surface area contributed by atoms with Gasteiger partial charge in [0.2, 0.25) is 11.8 Å². The second kappa shape index (κ2) is 8.19. The molecule has 1 aromatic heterocycles. The fourth-order valence-corrected chi connectivity index (χ4v) is 4.31. The van der Waals surface area contributed by atoms with Crippen molar-refractivity contribution in [3.63, 3.8) is 0 Å². The highest BCUT2D eigenvalue weighted by atomic mass is 32.1. The number of fused-ring (bicyclic) bond motifs is 1. The minimum atomic E-state index is -0.481. The number of thiazole rings is 1. The van der Waals surface area contributed by atoms with Gasteiger partial charge in [0.05, 0.1) is 43.2 Å². The maximum Gasteiger partial charge on any atom is 0.231 e. The van der Waals surface area contributed by atoms with Crippen molar-refractivity contribution >= 4 is 44.2 Å². The molecule has 1 atom stereocenters. The molecule has 0 saturated carbocycles. The van der Waals surface area contributed by atoms with Crippen molar-refractivity contribution in [1.82, 2.24) is 4.98 Å². The van der Waals surface area contributed by atoms with Crippen LogP contribution >= 0.6 is 11.3 Å². The van der Waals surface area contributed by atoms with E-state index in [0.717, 1.165) is 16.0 Å². The Labute approximate surface area is 177 Å². The van der Waals surface area contributed by atoms with Crippen LogP contribution < -0.4 is 24.4 Å². The highest BCUT2D eigenvalue weighted by molar-refractivity contribution is 7.22. The average molecular weight is 427 g/mol. The predicted molar refractivity (Wildman–Crippen MR) is 115 cm³/mol. The SMILES string of the molecule is COc1ccc(N2C[C@H](C(=O)Nc3nc4ccc(OC)cc4s3)CC2=O)c(OC)c1. The Hall–Kier alpha value is -3.33. The van der Waals surface area contributed by atoms with Gasteiger partial charge in [-0.1, -0.05) is 11.3 Å². The van der Waals surface area contributed by atoms with Crippen LogP contribution in [0.15, 0.2) is 36.4 Å². The molecule has 3 aromatic rings. The normalized spacial score (nSPS) is 16.0. The van der Waals surface area contributed by atoms with Crippen LogP contribution in [0.25, 0.3) is 10.2 Å². The monoisotopic (exact) mass is 427 g/mol. The molecule has 1 aliphatic heterocycles. The molecule has 1 saturated heterocycles. The van der Waals surface area contributed by atoms with Gasteiger partial charge < -0.3 is 24.4 Å². The molecule has 0 unspecified atom stereocenters. The van der Waals surface area contributed by atoms with Gasteiger partial charge in [0.15, 0.2) is 5.13 Å². The lowest BCUT2D eigenvalue weighted by atomic mass is 10.1. The van der Waals surface area contributed by atoms with Crippen molar-refractivity contribution in [3.8, 4) is 17.2 Å². The van der Waals surface area contributed by atoms with Gasteiger partial charge in [-0.2, -0.15) is 0 Å². The van der Waals surface area contributed by atoms with Crippen molar-refractivity contribution in [2.45, 2.75) is 6.42 Å². The van der Waals surface area contributed by atoms with E-state index in [9.17, 15) is 9.59 Å². The van der Waals surface area contributed by atoms with Crippen molar-refractivity contribution < 1.29 is 23.8 Å². The van der Waals surface area contributed by atoms with E-state index in [0.29, 0.717) is 22.3 Å². The molecule has 2 amide bonds. The number of anilines is 2. The summed E-state index contributed by atoms with van der Waals surface area (Å²) in [5.41, 5.74) is 1.40. The van der Waals surface area contributed by atoms with Crippen LogP contribution in [0.5, 0.6) is 17.2 Å². The molecule has 9 heteroatoms. The number of nitrogens with zero attached hydrogens (tertiary/aromatic N) is 2. The predicted octanol–water partition coefficient (Wildman–Crippen LogP) is 3.31. The van der Waals surface area contributed by atoms with Crippen molar-refractivity contribution in [3.05, 3.63) is 36.4 Å². The third-order valence-corrected chi connectivity index (χ3v) is 5.93. The van der Waals surface area contributed by atoms with Gasteiger partial charge in [-0.05, 0) is 30.3 Å². The van der Waals surface area contributed by atoms with Gasteiger partial charge >= 0.3 is 0 Å². The number of nitrogens with one attached hydrogen (secondary N) is 1. The van der Waals surface area contributed by atoms with Gasteiger partial charge in [-0.15, -0.1) is 0 Å². The van der Waals surface area contributed by atoms with Gasteiger partial charge in [0.1, 0.15) is 17.2 Å². The molecule has 156 valence electrons. The van der Waals surface area contributed by atoms with E-state index in [1.807, 2.05) is 18.2 Å². The zero-order valence-corrected chi connectivity index (χ0v) is 17.6. The second-order valence-electron chi connectivity index (χ2n) is 6.79. The van der Waals surface area contributed by atoms with Crippen LogP contribution in [0.1, 0.15) is 6.42 Å². The summed E-state index contributed by atoms with van der Waals surface area (Å²) in [7, 11) is 4.70. The Morgan fingerprint density at radius 1 is 1.10 bits per heavy atom. The number of ether oxygens (including phenoxy) is 3. The number of methoxy groups -OCH3 is 3. The van der Waals surface area contributed by atoms with Crippen LogP contribution in [0.4, 0.5) is 10.8 Å². The third kappa shape index (κ3) is 3.76. The molecular formula is C21H21N3O5S. The summed E-state index contributed by atoms with van der Waals surface area (Å²) in [6.45, 7) is 0.270. The third-order valence-electron chi connectivity index (χ3n) is 5.00. The van der Waals surface area contributed by atoms with Crippen LogP contribution in [0.3, 0.4) is 0 Å². The van der Waals surface area contributed by atoms with Crippen LogP contribution in [0.2, 0.25) is 0 Å². The Morgan fingerprint density at radius 2 is 1.83 bits per heavy atom. The van der Waals surface area contributed by atoms with E-state index >= 15 is 0 Å². The molecule has 1 aliphatic rings. The summed E-state index contributed by atoms with van der Waals surface area (Å²) in [5.74, 6) is 1.03. The molecule has 1 fully saturated rings. The van der Waals surface area contributed by atoms with Crippen molar-refractivity contribution in [2.24, 2.45) is 5.92 Å². The summed E-state index contributed by atoms with van der Waals surface area (Å²) in [6.07, 6.45) is 0.125. The summed E-state index contributed by atoms with van der Waals surface area (Å²) >= 11 is 1.37. The summed E-state index contributed by atoms with van der Waals surface area (Å²) < 4.78 is 16.7. The van der Waals surface area contributed by atoms with Crippen molar-refractivity contribution in [1.29, 1.82) is 0 Å². The molecule has 2 heterocycles. The van der Waals surface area contributed by atoms with Gasteiger partial charge in [-0.3, -0.25) is 9.59 Å². The minimum Gasteiger partial charge on any atom is -0.497 e. The van der Waals surface area contributed by atoms with Crippen molar-refractivity contribution in [2.75, 3.05) is 38.1 Å². The first kappa shape index (κ1) is 20.0. The Balaban J connectivity index is 1.49. The maximum absolute atomic E-state index is 12.8. The smallest absolute Gasteiger partial charge is 0.231 e. The highest BCUT2D eigenvalue weighted by Crippen LogP contribution is 2.36. The highest BCUT2D eigenvalue weighted by Gasteiger charge is 2.36. The lowest BCUT2D eigenvalue weighted by Crippen LogP contribution is -2.28. The fraction of sp³-hybridized carbons (Fsp3) is 0.286. The number of benzene rings is 2. The largest absolute Gasteiger partial charge is 0.497 e. The molecular weight excluding hydrogens is 406 g/mol. The van der Waals surface area contributed by atoms with E-state index in [2.05, 4.69) is 10.3 Å². The lowest BCUT2D eigenvalue weighted by molar-refractivity contribution is -0.122. The van der Waals surface area contributed by atoms with Gasteiger partial charge in [-0.25, -0.2) is 4.98 Å². The molecule has 0 radical (unpaired) electrons. The number of rotatable bonds is 6. The zero-order valence-electron chi connectivity index (χ0n) is 16.8. The van der Waals surface area contributed by atoms with E-state index in [4.69, 9.17) is 14.2 Å². The Kier molecular flexibility index (Phi) is 5.45. The molecule has 0 aliphatic carbocycles. The fourth-order valence-electron chi connectivity index (χ4n) is 3.42.